The molecule has 0 aromatic heterocycles. The summed E-state index contributed by atoms with van der Waals surface area (Å²) in [6.07, 6.45) is 2.38. The van der Waals surface area contributed by atoms with Crippen molar-refractivity contribution in [2.24, 2.45) is 17.8 Å². The van der Waals surface area contributed by atoms with E-state index in [0.29, 0.717) is 35.5 Å². The second kappa shape index (κ2) is 11.0. The first-order chi connectivity index (χ1) is 16.9. The van der Waals surface area contributed by atoms with Crippen LogP contribution in [0.3, 0.4) is 0 Å². The van der Waals surface area contributed by atoms with Gasteiger partial charge in [-0.2, -0.15) is 0 Å². The van der Waals surface area contributed by atoms with E-state index in [-0.39, 0.29) is 24.0 Å². The van der Waals surface area contributed by atoms with E-state index < -0.39 is 11.6 Å². The van der Waals surface area contributed by atoms with E-state index in [1.165, 1.54) is 18.4 Å². The molecule has 1 N–H and O–H groups in total. The lowest BCUT2D eigenvalue weighted by molar-refractivity contribution is -0.933. The minimum absolute atomic E-state index is 0. The van der Waals surface area contributed by atoms with Gasteiger partial charge in [-0.15, -0.1) is 0 Å². The van der Waals surface area contributed by atoms with Crippen LogP contribution in [0.2, 0.25) is 0 Å². The molecule has 2 fully saturated rings. The number of likely N-dealkylation sites (tertiary alicyclic amines) is 1. The van der Waals surface area contributed by atoms with Crippen molar-refractivity contribution < 1.29 is 43.1 Å². The molecule has 36 heavy (non-hydrogen) atoms. The highest BCUT2D eigenvalue weighted by atomic mass is 127. The molecule has 1 saturated heterocycles. The second-order valence-corrected chi connectivity index (χ2v) is 10.9. The molecule has 4 nitrogen and oxygen atoms in total. The Balaban J connectivity index is 0.00000304. The van der Waals surface area contributed by atoms with Crippen LogP contribution in [0, 0.1) is 24.7 Å². The molecular formula is C31H36INO3. The highest BCUT2D eigenvalue weighted by Gasteiger charge is 2.50. The number of carbonyl (C=O) groups excluding carboxylic acids is 1. The molecule has 5 rings (SSSR count). The molecule has 1 heterocycles. The predicted molar refractivity (Wildman–Crippen MR) is 137 cm³/mol. The van der Waals surface area contributed by atoms with E-state index in [9.17, 15) is 9.90 Å². The number of aliphatic hydroxyl groups is 1. The molecule has 3 atom stereocenters. The zero-order valence-corrected chi connectivity index (χ0v) is 23.3. The maximum atomic E-state index is 13.5. The quantitative estimate of drug-likeness (QED) is 0.258. The first kappa shape index (κ1) is 26.8. The molecule has 3 aromatic carbocycles. The average molecular weight is 598 g/mol. The molecule has 2 aliphatic rings. The van der Waals surface area contributed by atoms with Gasteiger partial charge in [0.25, 0.3) is 0 Å². The van der Waals surface area contributed by atoms with Crippen molar-refractivity contribution in [1.82, 2.24) is 0 Å². The fraction of sp³-hybridized carbons (Fsp3) is 0.387. The fourth-order valence-electron chi connectivity index (χ4n) is 6.48. The van der Waals surface area contributed by atoms with E-state index in [1.54, 1.807) is 12.1 Å². The Kier molecular flexibility index (Phi) is 8.22. The summed E-state index contributed by atoms with van der Waals surface area (Å²) >= 11 is 0. The van der Waals surface area contributed by atoms with Gasteiger partial charge in [-0.25, -0.2) is 4.79 Å². The van der Waals surface area contributed by atoms with Crippen molar-refractivity contribution in [3.8, 4) is 0 Å². The molecule has 3 aromatic rings. The maximum absolute atomic E-state index is 13.5. The zero-order valence-electron chi connectivity index (χ0n) is 21.1. The molecule has 0 radical (unpaired) electrons. The van der Waals surface area contributed by atoms with Gasteiger partial charge >= 0.3 is 5.97 Å². The van der Waals surface area contributed by atoms with Gasteiger partial charge < -0.3 is 38.3 Å². The Morgan fingerprint density at radius 3 is 2.00 bits per heavy atom. The van der Waals surface area contributed by atoms with Gasteiger partial charge in [0.2, 0.25) is 5.60 Å². The Labute approximate surface area is 231 Å². The summed E-state index contributed by atoms with van der Waals surface area (Å²) in [6.45, 7) is 5.62. The van der Waals surface area contributed by atoms with Crippen molar-refractivity contribution in [3.63, 3.8) is 0 Å². The molecule has 2 bridgehead atoms. The van der Waals surface area contributed by atoms with Gasteiger partial charge in [-0.3, -0.25) is 0 Å². The first-order valence-corrected chi connectivity index (χ1v) is 12.8. The Morgan fingerprint density at radius 1 is 0.889 bits per heavy atom. The first-order valence-electron chi connectivity index (χ1n) is 12.8. The molecule has 0 spiro atoms. The highest BCUT2D eigenvalue weighted by Crippen LogP contribution is 2.45. The lowest BCUT2D eigenvalue weighted by Crippen LogP contribution is -3.00. The van der Waals surface area contributed by atoms with Crippen molar-refractivity contribution >= 4 is 5.97 Å². The SMILES string of the molecule is Cc1ccc(C(O)(C(=O)OCC2C3CCC2C[N+](C)(Cc2ccccc2)C3)c2ccccc2)cc1.[I-]. The Bertz CT molecular complexity index is 1140. The van der Waals surface area contributed by atoms with Crippen molar-refractivity contribution in [2.75, 3.05) is 26.7 Å². The van der Waals surface area contributed by atoms with Gasteiger partial charge in [-0.1, -0.05) is 90.5 Å². The van der Waals surface area contributed by atoms with Crippen LogP contribution in [0.5, 0.6) is 0 Å². The summed E-state index contributed by atoms with van der Waals surface area (Å²) in [6, 6.07) is 27.4. The number of esters is 1. The normalized spacial score (nSPS) is 26.5. The Morgan fingerprint density at radius 2 is 1.42 bits per heavy atom. The number of halogens is 1. The van der Waals surface area contributed by atoms with Crippen LogP contribution in [0.25, 0.3) is 0 Å². The van der Waals surface area contributed by atoms with Crippen LogP contribution in [-0.2, 0) is 21.7 Å². The summed E-state index contributed by atoms with van der Waals surface area (Å²) < 4.78 is 7.00. The summed E-state index contributed by atoms with van der Waals surface area (Å²) in [4.78, 5) is 13.5. The highest BCUT2D eigenvalue weighted by molar-refractivity contribution is 5.85. The third-order valence-corrected chi connectivity index (χ3v) is 8.24. The van der Waals surface area contributed by atoms with E-state index in [4.69, 9.17) is 4.74 Å². The smallest absolute Gasteiger partial charge is 0.347 e. The molecule has 190 valence electrons. The maximum Gasteiger partial charge on any atom is 0.347 e. The Hall–Kier alpha value is -2.22. The van der Waals surface area contributed by atoms with E-state index >= 15 is 0 Å². The average Bonchev–Trinajstić information content (AvgIpc) is 3.13. The van der Waals surface area contributed by atoms with Crippen LogP contribution in [0.1, 0.15) is 35.1 Å². The number of fused-ring (bicyclic) bond motifs is 2. The number of benzene rings is 3. The molecule has 1 saturated carbocycles. The van der Waals surface area contributed by atoms with Crippen LogP contribution >= 0.6 is 0 Å². The third-order valence-electron chi connectivity index (χ3n) is 8.24. The van der Waals surface area contributed by atoms with E-state index in [2.05, 4.69) is 37.4 Å². The number of quaternary nitrogens is 1. The van der Waals surface area contributed by atoms with Gasteiger partial charge in [0.05, 0.1) is 26.7 Å². The van der Waals surface area contributed by atoms with Crippen LogP contribution in [0.15, 0.2) is 84.9 Å². The topological polar surface area (TPSA) is 46.5 Å². The number of piperidine rings is 1. The van der Waals surface area contributed by atoms with Crippen molar-refractivity contribution in [2.45, 2.75) is 31.9 Å². The van der Waals surface area contributed by atoms with Crippen LogP contribution in [0.4, 0.5) is 0 Å². The number of nitrogens with zero attached hydrogens (tertiary/aromatic N) is 1. The summed E-state index contributed by atoms with van der Waals surface area (Å²) in [5.74, 6) is 0.858. The number of carbonyl (C=O) groups is 1. The number of hydrogen-bond acceptors (Lipinski definition) is 3. The molecule has 5 heteroatoms. The van der Waals surface area contributed by atoms with Crippen molar-refractivity contribution in [3.05, 3.63) is 107 Å². The number of rotatable bonds is 7. The summed E-state index contributed by atoms with van der Waals surface area (Å²) in [7, 11) is 2.37. The van der Waals surface area contributed by atoms with E-state index in [0.717, 1.165) is 29.7 Å². The van der Waals surface area contributed by atoms with Gasteiger partial charge in [-0.05, 0) is 30.9 Å². The van der Waals surface area contributed by atoms with Gasteiger partial charge in [0.15, 0.2) is 0 Å². The fourth-order valence-corrected chi connectivity index (χ4v) is 6.48. The molecule has 0 amide bonds. The van der Waals surface area contributed by atoms with Crippen molar-refractivity contribution in [1.29, 1.82) is 0 Å². The van der Waals surface area contributed by atoms with Gasteiger partial charge in [0, 0.05) is 23.3 Å². The zero-order chi connectivity index (χ0) is 24.5. The van der Waals surface area contributed by atoms with Gasteiger partial charge in [0.1, 0.15) is 6.54 Å². The number of hydrogen-bond donors (Lipinski definition) is 1. The largest absolute Gasteiger partial charge is 1.00 e. The number of aryl methyl sites for hydroxylation is 1. The molecule has 3 unspecified atom stereocenters. The molecule has 1 aliphatic heterocycles. The molecule has 1 aliphatic carbocycles. The van der Waals surface area contributed by atoms with E-state index in [1.807, 2.05) is 49.4 Å². The summed E-state index contributed by atoms with van der Waals surface area (Å²) in [5.41, 5.74) is 1.71. The lowest BCUT2D eigenvalue weighted by atomic mass is 9.83. The minimum Gasteiger partial charge on any atom is -1.00 e. The minimum atomic E-state index is -1.82. The molecular weight excluding hydrogens is 561 g/mol. The lowest BCUT2D eigenvalue weighted by Gasteiger charge is -2.44. The summed E-state index contributed by atoms with van der Waals surface area (Å²) in [5, 5.41) is 11.8. The van der Waals surface area contributed by atoms with Crippen LogP contribution < -0.4 is 24.0 Å². The number of ether oxygens (including phenoxy) is 1. The third kappa shape index (κ3) is 5.38. The second-order valence-electron chi connectivity index (χ2n) is 10.9. The monoisotopic (exact) mass is 597 g/mol. The standard InChI is InChI=1S/C31H36NO3.HI/c1-23-13-17-28(18-14-23)31(34,27-11-7-4-8-12-27)30(33)35-22-29-25-15-16-26(29)21-32(2,20-25)19-24-9-5-3-6-10-24;/h3-14,17-18,25-26,29,34H,15-16,19-22H2,1-2H3;1H/q+1;/p-1. The predicted octanol–water partition coefficient (Wildman–Crippen LogP) is 2.08. The van der Waals surface area contributed by atoms with Crippen LogP contribution in [-0.4, -0.2) is 42.3 Å².